The first-order valence-electron chi connectivity index (χ1n) is 11.8. The molecule has 0 saturated carbocycles. The Hall–Kier alpha value is -3.88. The predicted molar refractivity (Wildman–Crippen MR) is 135 cm³/mol. The first-order chi connectivity index (χ1) is 17.1. The van der Waals surface area contributed by atoms with E-state index in [1.807, 2.05) is 31.2 Å². The molecule has 2 atom stereocenters. The van der Waals surface area contributed by atoms with Gasteiger partial charge in [-0.15, -0.1) is 0 Å². The maximum absolute atomic E-state index is 13.3. The highest BCUT2D eigenvalue weighted by atomic mass is 19.1. The Morgan fingerprint density at radius 1 is 0.917 bits per heavy atom. The smallest absolute Gasteiger partial charge is 0.243 e. The molecule has 0 bridgehead atoms. The van der Waals surface area contributed by atoms with Gasteiger partial charge in [-0.3, -0.25) is 19.2 Å². The minimum atomic E-state index is -1.07. The second-order valence-corrected chi connectivity index (χ2v) is 8.90. The van der Waals surface area contributed by atoms with Gasteiger partial charge in [-0.25, -0.2) is 4.39 Å². The molecule has 0 aliphatic heterocycles. The average Bonchev–Trinajstić information content (AvgIpc) is 2.86. The number of aryl methyl sites for hydroxylation is 1. The van der Waals surface area contributed by atoms with Gasteiger partial charge in [0.15, 0.2) is 5.78 Å². The van der Waals surface area contributed by atoms with Gasteiger partial charge in [0.1, 0.15) is 17.9 Å². The van der Waals surface area contributed by atoms with Crippen LogP contribution < -0.4 is 16.0 Å². The minimum Gasteiger partial charge on any atom is -0.350 e. The highest BCUT2D eigenvalue weighted by Crippen LogP contribution is 2.12. The molecule has 8 nitrogen and oxygen atoms in total. The summed E-state index contributed by atoms with van der Waals surface area (Å²) in [5.41, 5.74) is 2.49. The molecule has 3 amide bonds. The maximum Gasteiger partial charge on any atom is 0.243 e. The maximum atomic E-state index is 13.3. The largest absolute Gasteiger partial charge is 0.350 e. The van der Waals surface area contributed by atoms with Crippen molar-refractivity contribution in [1.29, 1.82) is 5.41 Å². The number of carbonyl (C=O) groups excluding carboxylic acids is 4. The number of halogens is 1. The number of hydrogen-bond acceptors (Lipinski definition) is 5. The third-order valence-electron chi connectivity index (χ3n) is 5.70. The van der Waals surface area contributed by atoms with Crippen molar-refractivity contribution in [2.45, 2.75) is 58.7 Å². The zero-order chi connectivity index (χ0) is 26.7. The molecule has 9 heteroatoms. The van der Waals surface area contributed by atoms with Crippen molar-refractivity contribution in [2.24, 2.45) is 5.92 Å². The second kappa shape index (κ2) is 13.9. The zero-order valence-electron chi connectivity index (χ0n) is 20.8. The zero-order valence-corrected chi connectivity index (χ0v) is 20.8. The van der Waals surface area contributed by atoms with Crippen LogP contribution in [0.2, 0.25) is 0 Å². The van der Waals surface area contributed by atoms with E-state index in [1.165, 1.54) is 24.3 Å². The van der Waals surface area contributed by atoms with Crippen LogP contribution in [0, 0.1) is 24.1 Å². The molecule has 2 aromatic carbocycles. The number of rotatable bonds is 13. The van der Waals surface area contributed by atoms with Gasteiger partial charge in [0.05, 0.1) is 6.21 Å². The van der Waals surface area contributed by atoms with E-state index in [9.17, 15) is 23.6 Å². The Labute approximate surface area is 210 Å². The first kappa shape index (κ1) is 28.4. The quantitative estimate of drug-likeness (QED) is 0.318. The lowest BCUT2D eigenvalue weighted by Gasteiger charge is -2.24. The summed E-state index contributed by atoms with van der Waals surface area (Å²) in [7, 11) is 0. The molecule has 0 unspecified atom stereocenters. The molecule has 0 heterocycles. The number of ketones is 1. The van der Waals surface area contributed by atoms with E-state index in [2.05, 4.69) is 16.0 Å². The lowest BCUT2D eigenvalue weighted by molar-refractivity contribution is -0.133. The summed E-state index contributed by atoms with van der Waals surface area (Å²) in [5.74, 6) is -2.63. The number of amides is 3. The van der Waals surface area contributed by atoms with Crippen LogP contribution in [0.5, 0.6) is 0 Å². The van der Waals surface area contributed by atoms with Gasteiger partial charge in [0.25, 0.3) is 0 Å². The van der Waals surface area contributed by atoms with Crippen molar-refractivity contribution in [2.75, 3.05) is 0 Å². The fourth-order valence-corrected chi connectivity index (χ4v) is 3.42. The van der Waals surface area contributed by atoms with Crippen LogP contribution in [0.4, 0.5) is 4.39 Å². The molecular weight excluding hydrogens is 463 g/mol. The molecule has 0 fully saturated rings. The molecule has 2 aromatic rings. The normalized spacial score (nSPS) is 12.4. The molecule has 36 heavy (non-hydrogen) atoms. The van der Waals surface area contributed by atoms with Gasteiger partial charge < -0.3 is 21.4 Å². The summed E-state index contributed by atoms with van der Waals surface area (Å²) >= 11 is 0. The minimum absolute atomic E-state index is 0.0234. The van der Waals surface area contributed by atoms with Crippen molar-refractivity contribution in [1.82, 2.24) is 16.0 Å². The number of Topliss-reactive ketones (excluding diaryl/α,β-unsaturated/α-hetero) is 1. The van der Waals surface area contributed by atoms with Gasteiger partial charge in [0.2, 0.25) is 17.7 Å². The number of carbonyl (C=O) groups is 4. The number of nitrogens with one attached hydrogen (secondary N) is 4. The average molecular weight is 497 g/mol. The van der Waals surface area contributed by atoms with E-state index in [1.54, 1.807) is 13.8 Å². The van der Waals surface area contributed by atoms with E-state index in [-0.39, 0.29) is 37.6 Å². The van der Waals surface area contributed by atoms with E-state index >= 15 is 0 Å². The van der Waals surface area contributed by atoms with Crippen molar-refractivity contribution in [3.05, 3.63) is 71.0 Å². The van der Waals surface area contributed by atoms with Gasteiger partial charge in [-0.1, -0.05) is 50.2 Å². The molecule has 0 aliphatic rings. The summed E-state index contributed by atoms with van der Waals surface area (Å²) in [4.78, 5) is 50.3. The third-order valence-corrected chi connectivity index (χ3v) is 5.70. The van der Waals surface area contributed by atoms with Crippen LogP contribution in [0.25, 0.3) is 0 Å². The SMILES string of the molecule is Cc1ccccc1C[C@H](NC(=O)C(C)C)C(=O)N[C@@H](CCC(=O)C=N)C(=O)NCc1ccc(F)cc1. The molecule has 192 valence electrons. The monoisotopic (exact) mass is 496 g/mol. The number of benzene rings is 2. The number of hydrogen-bond donors (Lipinski definition) is 4. The fraction of sp³-hybridized carbons (Fsp3) is 0.370. The van der Waals surface area contributed by atoms with Crippen LogP contribution >= 0.6 is 0 Å². The molecule has 4 N–H and O–H groups in total. The first-order valence-corrected chi connectivity index (χ1v) is 11.8. The molecule has 0 aliphatic carbocycles. The highest BCUT2D eigenvalue weighted by molar-refractivity contribution is 6.26. The van der Waals surface area contributed by atoms with Crippen LogP contribution in [-0.2, 0) is 32.1 Å². The fourth-order valence-electron chi connectivity index (χ4n) is 3.42. The lowest BCUT2D eigenvalue weighted by atomic mass is 9.99. The summed E-state index contributed by atoms with van der Waals surface area (Å²) in [5, 5.41) is 15.2. The van der Waals surface area contributed by atoms with Gasteiger partial charge in [-0.05, 0) is 42.2 Å². The van der Waals surface area contributed by atoms with Gasteiger partial charge in [0, 0.05) is 25.3 Å². The Kier molecular flexibility index (Phi) is 10.9. The highest BCUT2D eigenvalue weighted by Gasteiger charge is 2.28. The Bertz CT molecular complexity index is 1090. The third kappa shape index (κ3) is 9.05. The van der Waals surface area contributed by atoms with Gasteiger partial charge >= 0.3 is 0 Å². The van der Waals surface area contributed by atoms with Crippen LogP contribution in [0.3, 0.4) is 0 Å². The second-order valence-electron chi connectivity index (χ2n) is 8.90. The van der Waals surface area contributed by atoms with E-state index < -0.39 is 35.5 Å². The summed E-state index contributed by atoms with van der Waals surface area (Å²) in [6.45, 7) is 5.43. The van der Waals surface area contributed by atoms with Crippen molar-refractivity contribution in [3.63, 3.8) is 0 Å². The summed E-state index contributed by atoms with van der Waals surface area (Å²) in [6.07, 6.45) is 0.753. The summed E-state index contributed by atoms with van der Waals surface area (Å²) in [6, 6.07) is 11.1. The van der Waals surface area contributed by atoms with Crippen molar-refractivity contribution >= 4 is 29.7 Å². The van der Waals surface area contributed by atoms with Crippen LogP contribution in [0.15, 0.2) is 48.5 Å². The van der Waals surface area contributed by atoms with Gasteiger partial charge in [-0.2, -0.15) is 0 Å². The van der Waals surface area contributed by atoms with E-state index in [4.69, 9.17) is 5.41 Å². The standard InChI is InChI=1S/C27H33FN4O4/c1-17(2)25(34)32-24(14-20-7-5-4-6-18(20)3)27(36)31-23(13-12-22(33)15-29)26(35)30-16-19-8-10-21(28)11-9-19/h4-11,15,17,23-24,29H,12-14,16H2,1-3H3,(H,30,35)(H,31,36)(H,32,34)/t23-,24-/m0/s1. The predicted octanol–water partition coefficient (Wildman–Crippen LogP) is 2.62. The molecule has 0 spiro atoms. The van der Waals surface area contributed by atoms with Crippen molar-refractivity contribution < 1.29 is 23.6 Å². The van der Waals surface area contributed by atoms with Crippen LogP contribution in [0.1, 0.15) is 43.4 Å². The molecule has 0 radical (unpaired) electrons. The Morgan fingerprint density at radius 3 is 2.17 bits per heavy atom. The van der Waals surface area contributed by atoms with Crippen molar-refractivity contribution in [3.8, 4) is 0 Å². The molecule has 0 aromatic heterocycles. The van der Waals surface area contributed by atoms with Crippen LogP contribution in [-0.4, -0.2) is 41.8 Å². The van der Waals surface area contributed by atoms with E-state index in [0.29, 0.717) is 11.8 Å². The lowest BCUT2D eigenvalue weighted by Crippen LogP contribution is -2.55. The summed E-state index contributed by atoms with van der Waals surface area (Å²) < 4.78 is 13.1. The Balaban J connectivity index is 2.19. The molecule has 2 rings (SSSR count). The Morgan fingerprint density at radius 2 is 1.56 bits per heavy atom. The molecular formula is C27H33FN4O4. The molecule has 0 saturated heterocycles. The van der Waals surface area contributed by atoms with E-state index in [0.717, 1.165) is 11.1 Å². The topological polar surface area (TPSA) is 128 Å².